The number of amides is 1. The zero-order valence-corrected chi connectivity index (χ0v) is 16.8. The summed E-state index contributed by atoms with van der Waals surface area (Å²) >= 11 is 2.23. The first kappa shape index (κ1) is 18.4. The first-order valence-corrected chi connectivity index (χ1v) is 9.26. The summed E-state index contributed by atoms with van der Waals surface area (Å²) in [6, 6.07) is 7.82. The largest absolute Gasteiger partial charge is 0.497 e. The standard InChI is InChI=1S/C18H20IN5O2/c1-13-17(19)12-23(22-13)7-6-18(25)21-15-9-20-24(11-15)10-14-4-3-5-16(8-14)26-2/h3-5,8-9,11-12H,6-7,10H2,1-2H3,(H,21,25). The average Bonchev–Trinajstić information content (AvgIpc) is 3.19. The van der Waals surface area contributed by atoms with E-state index in [4.69, 9.17) is 4.74 Å². The summed E-state index contributed by atoms with van der Waals surface area (Å²) in [7, 11) is 1.64. The molecule has 1 N–H and O–H groups in total. The van der Waals surface area contributed by atoms with Crippen LogP contribution in [0, 0.1) is 10.5 Å². The average molecular weight is 465 g/mol. The molecule has 2 aromatic heterocycles. The number of aryl methyl sites for hydroxylation is 2. The van der Waals surface area contributed by atoms with E-state index in [2.05, 4.69) is 38.1 Å². The molecule has 0 aliphatic carbocycles. The lowest BCUT2D eigenvalue weighted by atomic mass is 10.2. The molecule has 0 spiro atoms. The van der Waals surface area contributed by atoms with Gasteiger partial charge in [-0.1, -0.05) is 12.1 Å². The zero-order chi connectivity index (χ0) is 18.5. The van der Waals surface area contributed by atoms with E-state index in [0.29, 0.717) is 25.2 Å². The van der Waals surface area contributed by atoms with Gasteiger partial charge in [-0.3, -0.25) is 14.2 Å². The van der Waals surface area contributed by atoms with Crippen molar-refractivity contribution in [1.29, 1.82) is 0 Å². The van der Waals surface area contributed by atoms with E-state index < -0.39 is 0 Å². The van der Waals surface area contributed by atoms with Gasteiger partial charge in [-0.15, -0.1) is 0 Å². The Hall–Kier alpha value is -2.36. The molecule has 136 valence electrons. The molecule has 8 heteroatoms. The van der Waals surface area contributed by atoms with Gasteiger partial charge in [0.1, 0.15) is 5.75 Å². The highest BCUT2D eigenvalue weighted by atomic mass is 127. The third kappa shape index (κ3) is 4.84. The molecule has 0 atom stereocenters. The molecule has 0 unspecified atom stereocenters. The van der Waals surface area contributed by atoms with Gasteiger partial charge in [-0.25, -0.2) is 0 Å². The Morgan fingerprint density at radius 1 is 1.31 bits per heavy atom. The number of halogens is 1. The summed E-state index contributed by atoms with van der Waals surface area (Å²) in [6.45, 7) is 3.11. The van der Waals surface area contributed by atoms with Crippen LogP contribution < -0.4 is 10.1 Å². The molecule has 0 fully saturated rings. The topological polar surface area (TPSA) is 74.0 Å². The van der Waals surface area contributed by atoms with Gasteiger partial charge in [-0.2, -0.15) is 10.2 Å². The molecule has 26 heavy (non-hydrogen) atoms. The third-order valence-electron chi connectivity index (χ3n) is 3.85. The SMILES string of the molecule is COc1cccc(Cn2cc(NC(=O)CCn3cc(I)c(C)n3)cn2)c1. The number of carbonyl (C=O) groups excluding carboxylic acids is 1. The number of anilines is 1. The minimum absolute atomic E-state index is 0.0610. The van der Waals surface area contributed by atoms with Crippen LogP contribution in [0.25, 0.3) is 0 Å². The van der Waals surface area contributed by atoms with Gasteiger partial charge in [0.15, 0.2) is 0 Å². The van der Waals surface area contributed by atoms with Crippen molar-refractivity contribution in [2.45, 2.75) is 26.4 Å². The highest BCUT2D eigenvalue weighted by Gasteiger charge is 2.07. The summed E-state index contributed by atoms with van der Waals surface area (Å²) in [5.74, 6) is 0.751. The Labute approximate surface area is 165 Å². The van der Waals surface area contributed by atoms with E-state index in [1.54, 1.807) is 22.7 Å². The van der Waals surface area contributed by atoms with Crippen molar-refractivity contribution in [3.63, 3.8) is 0 Å². The fraction of sp³-hybridized carbons (Fsp3) is 0.278. The maximum atomic E-state index is 12.1. The van der Waals surface area contributed by atoms with Crippen molar-refractivity contribution in [2.75, 3.05) is 12.4 Å². The second-order valence-corrected chi connectivity index (χ2v) is 7.06. The van der Waals surface area contributed by atoms with Crippen LogP contribution in [0.4, 0.5) is 5.69 Å². The van der Waals surface area contributed by atoms with E-state index in [1.807, 2.05) is 43.6 Å². The van der Waals surface area contributed by atoms with E-state index in [0.717, 1.165) is 20.6 Å². The van der Waals surface area contributed by atoms with Gasteiger partial charge in [0.25, 0.3) is 0 Å². The molecule has 0 saturated heterocycles. The lowest BCUT2D eigenvalue weighted by Crippen LogP contribution is -2.14. The maximum Gasteiger partial charge on any atom is 0.226 e. The molecule has 0 aliphatic heterocycles. The maximum absolute atomic E-state index is 12.1. The van der Waals surface area contributed by atoms with Gasteiger partial charge in [0.2, 0.25) is 5.91 Å². The highest BCUT2D eigenvalue weighted by Crippen LogP contribution is 2.15. The predicted octanol–water partition coefficient (Wildman–Crippen LogP) is 3.08. The van der Waals surface area contributed by atoms with Gasteiger partial charge >= 0.3 is 0 Å². The number of rotatable bonds is 7. The third-order valence-corrected chi connectivity index (χ3v) is 4.91. The van der Waals surface area contributed by atoms with E-state index >= 15 is 0 Å². The number of aromatic nitrogens is 4. The molecule has 2 heterocycles. The summed E-state index contributed by atoms with van der Waals surface area (Å²) in [5.41, 5.74) is 2.74. The van der Waals surface area contributed by atoms with Gasteiger partial charge < -0.3 is 10.1 Å². The van der Waals surface area contributed by atoms with Crippen LogP contribution in [0.5, 0.6) is 5.75 Å². The van der Waals surface area contributed by atoms with Gasteiger partial charge in [0.05, 0.1) is 34.8 Å². The van der Waals surface area contributed by atoms with Crippen molar-refractivity contribution in [3.05, 3.63) is 57.7 Å². The number of nitrogens with one attached hydrogen (secondary N) is 1. The fourth-order valence-electron chi connectivity index (χ4n) is 2.52. The number of hydrogen-bond acceptors (Lipinski definition) is 4. The number of carbonyl (C=O) groups is 1. The zero-order valence-electron chi connectivity index (χ0n) is 14.6. The number of benzene rings is 1. The van der Waals surface area contributed by atoms with Crippen molar-refractivity contribution in [2.24, 2.45) is 0 Å². The number of nitrogens with zero attached hydrogens (tertiary/aromatic N) is 4. The van der Waals surface area contributed by atoms with Crippen LogP contribution in [0.2, 0.25) is 0 Å². The summed E-state index contributed by atoms with van der Waals surface area (Å²) in [4.78, 5) is 12.1. The van der Waals surface area contributed by atoms with Crippen molar-refractivity contribution < 1.29 is 9.53 Å². The van der Waals surface area contributed by atoms with E-state index in [1.165, 1.54) is 0 Å². The minimum Gasteiger partial charge on any atom is -0.497 e. The first-order chi connectivity index (χ1) is 12.5. The summed E-state index contributed by atoms with van der Waals surface area (Å²) in [6.07, 6.45) is 5.77. The molecule has 3 aromatic rings. The number of methoxy groups -OCH3 is 1. The number of ether oxygens (including phenoxy) is 1. The molecule has 0 saturated carbocycles. The van der Waals surface area contributed by atoms with Crippen LogP contribution in [0.3, 0.4) is 0 Å². The molecule has 0 bridgehead atoms. The summed E-state index contributed by atoms with van der Waals surface area (Å²) < 4.78 is 9.90. The van der Waals surface area contributed by atoms with E-state index in [9.17, 15) is 4.79 Å². The molecular formula is C18H20IN5O2. The predicted molar refractivity (Wildman–Crippen MR) is 107 cm³/mol. The highest BCUT2D eigenvalue weighted by molar-refractivity contribution is 14.1. The Kier molecular flexibility index (Phi) is 5.92. The minimum atomic E-state index is -0.0610. The molecule has 7 nitrogen and oxygen atoms in total. The van der Waals surface area contributed by atoms with Crippen molar-refractivity contribution in [1.82, 2.24) is 19.6 Å². The summed E-state index contributed by atoms with van der Waals surface area (Å²) in [5, 5.41) is 11.5. The normalized spacial score (nSPS) is 10.7. The van der Waals surface area contributed by atoms with Crippen LogP contribution in [0.15, 0.2) is 42.9 Å². The smallest absolute Gasteiger partial charge is 0.226 e. The second kappa shape index (κ2) is 8.35. The van der Waals surface area contributed by atoms with E-state index in [-0.39, 0.29) is 5.91 Å². The van der Waals surface area contributed by atoms with Crippen molar-refractivity contribution in [3.8, 4) is 5.75 Å². The second-order valence-electron chi connectivity index (χ2n) is 5.90. The van der Waals surface area contributed by atoms with Crippen LogP contribution >= 0.6 is 22.6 Å². The lowest BCUT2D eigenvalue weighted by Gasteiger charge is -2.05. The monoisotopic (exact) mass is 465 g/mol. The molecule has 0 aliphatic rings. The Balaban J connectivity index is 1.53. The molecule has 0 radical (unpaired) electrons. The Bertz CT molecular complexity index is 883. The van der Waals surface area contributed by atoms with Crippen molar-refractivity contribution >= 4 is 34.2 Å². The molecular weight excluding hydrogens is 445 g/mol. The quantitative estimate of drug-likeness (QED) is 0.545. The first-order valence-electron chi connectivity index (χ1n) is 8.18. The van der Waals surface area contributed by atoms with Crippen LogP contribution in [0.1, 0.15) is 17.7 Å². The molecule has 1 aromatic carbocycles. The van der Waals surface area contributed by atoms with Crippen LogP contribution in [-0.2, 0) is 17.9 Å². The van der Waals surface area contributed by atoms with Crippen LogP contribution in [-0.4, -0.2) is 32.6 Å². The fourth-order valence-corrected chi connectivity index (χ4v) is 2.95. The number of hydrogen-bond donors (Lipinski definition) is 1. The molecule has 1 amide bonds. The lowest BCUT2D eigenvalue weighted by molar-refractivity contribution is -0.116. The Morgan fingerprint density at radius 3 is 2.88 bits per heavy atom. The molecule has 3 rings (SSSR count). The Morgan fingerprint density at radius 2 is 2.15 bits per heavy atom. The van der Waals surface area contributed by atoms with Gasteiger partial charge in [-0.05, 0) is 47.2 Å². The van der Waals surface area contributed by atoms with Gasteiger partial charge in [0, 0.05) is 25.4 Å².